The summed E-state index contributed by atoms with van der Waals surface area (Å²) in [6.07, 6.45) is 3.95. The van der Waals surface area contributed by atoms with Crippen LogP contribution in [0, 0.1) is 0 Å². The van der Waals surface area contributed by atoms with Crippen molar-refractivity contribution in [1.29, 1.82) is 0 Å². The summed E-state index contributed by atoms with van der Waals surface area (Å²) in [5.74, 6) is 0. The molecule has 0 unspecified atom stereocenters. The fourth-order valence-corrected chi connectivity index (χ4v) is 0.973. The van der Waals surface area contributed by atoms with Crippen molar-refractivity contribution in [3.63, 3.8) is 0 Å². The molecule has 0 aromatic rings. The van der Waals surface area contributed by atoms with Crippen LogP contribution in [0.2, 0.25) is 0 Å². The van der Waals surface area contributed by atoms with Crippen LogP contribution in [0.25, 0.3) is 0 Å². The molecule has 0 bridgehead atoms. The van der Waals surface area contributed by atoms with Crippen molar-refractivity contribution in [3.05, 3.63) is 12.3 Å². The molecule has 0 N–H and O–H groups in total. The van der Waals surface area contributed by atoms with Crippen LogP contribution in [0.4, 0.5) is 0 Å². The Balaban J connectivity index is 3.52. The number of nitrogens with zero attached hydrogens (tertiary/aromatic N) is 2. The van der Waals surface area contributed by atoms with Crippen LogP contribution in [0.15, 0.2) is 15.9 Å². The zero-order valence-corrected chi connectivity index (χ0v) is 8.10. The van der Waals surface area contributed by atoms with E-state index in [4.69, 9.17) is 0 Å². The van der Waals surface area contributed by atoms with Crippen molar-refractivity contribution in [1.82, 2.24) is 5.01 Å². The van der Waals surface area contributed by atoms with Gasteiger partial charge in [0.25, 0.3) is 0 Å². The second-order valence-electron chi connectivity index (χ2n) is 1.32. The van der Waals surface area contributed by atoms with E-state index in [2.05, 4.69) is 10.5 Å². The molecular weight excluding hydrogens is 272 g/mol. The number of hydrogen-bond acceptors (Lipinski definition) is 2. The minimum atomic E-state index is 0.966. The molecule has 0 heterocycles. The summed E-state index contributed by atoms with van der Waals surface area (Å²) in [5.41, 5.74) is 0. The quantitative estimate of drug-likeness (QED) is 0.716. The molecule has 0 rings (SSSR count). The Bertz CT molecular complexity index is 90.4. The average Bonchev–Trinajstić information content (AvgIpc) is 1.83. The monoisotopic (exact) mass is 282 g/mol. The summed E-state index contributed by atoms with van der Waals surface area (Å²) >= 11 is 1.25. The van der Waals surface area contributed by atoms with E-state index in [1.807, 2.05) is 24.2 Å². The van der Waals surface area contributed by atoms with Crippen LogP contribution >= 0.6 is 0 Å². The minimum absolute atomic E-state index is 0.966. The molecule has 0 saturated heterocycles. The molecule has 0 aromatic carbocycles. The first-order valence-corrected chi connectivity index (χ1v) is 3.89. The van der Waals surface area contributed by atoms with Gasteiger partial charge in [-0.05, 0) is 0 Å². The molecule has 0 spiro atoms. The third-order valence-corrected chi connectivity index (χ3v) is 1.50. The average molecular weight is 282 g/mol. The number of rotatable bonds is 3. The zero-order chi connectivity index (χ0) is 6.41. The van der Waals surface area contributed by atoms with E-state index in [9.17, 15) is 0 Å². The van der Waals surface area contributed by atoms with Gasteiger partial charge in [0.1, 0.15) is 0 Å². The fourth-order valence-electron chi connectivity index (χ4n) is 0.362. The molecule has 0 aliphatic rings. The zero-order valence-electron chi connectivity index (χ0n) is 5.16. The molecule has 0 aliphatic heterocycles. The van der Waals surface area contributed by atoms with Gasteiger partial charge in [0.2, 0.25) is 0 Å². The van der Waals surface area contributed by atoms with Crippen LogP contribution in [-0.2, 0) is 19.6 Å². The summed E-state index contributed by atoms with van der Waals surface area (Å²) < 4.78 is 4.03. The summed E-state index contributed by atoms with van der Waals surface area (Å²) in [5, 5.41) is 1.91. The van der Waals surface area contributed by atoms with Crippen molar-refractivity contribution in [3.8, 4) is 0 Å². The van der Waals surface area contributed by atoms with Crippen molar-refractivity contribution >= 4 is 0 Å². The normalized spacial score (nSPS) is 9.75. The SMILES string of the molecule is CC=CN(CC)[N]=[W]. The van der Waals surface area contributed by atoms with Crippen LogP contribution in [0.5, 0.6) is 0 Å². The Kier molecular flexibility index (Phi) is 5.19. The second kappa shape index (κ2) is 5.17. The van der Waals surface area contributed by atoms with Gasteiger partial charge in [-0.3, -0.25) is 0 Å². The Morgan fingerprint density at radius 2 is 2.38 bits per heavy atom. The summed E-state index contributed by atoms with van der Waals surface area (Å²) in [6, 6.07) is 0. The molecule has 0 amide bonds. The van der Waals surface area contributed by atoms with Gasteiger partial charge in [0.05, 0.1) is 0 Å². The standard InChI is InChI=1S/C5H10N2.W/c1-3-5-7(6)4-2;/h3,5H,4H2,1-2H3;. The van der Waals surface area contributed by atoms with Gasteiger partial charge in [-0.15, -0.1) is 0 Å². The van der Waals surface area contributed by atoms with Gasteiger partial charge >= 0.3 is 60.9 Å². The number of allylic oxidation sites excluding steroid dienone is 1. The Morgan fingerprint density at radius 1 is 1.75 bits per heavy atom. The number of hydrogen-bond donors (Lipinski definition) is 0. The first-order valence-electron chi connectivity index (χ1n) is 2.57. The van der Waals surface area contributed by atoms with E-state index >= 15 is 0 Å². The van der Waals surface area contributed by atoms with Gasteiger partial charge in [-0.2, -0.15) is 0 Å². The van der Waals surface area contributed by atoms with E-state index < -0.39 is 0 Å². The van der Waals surface area contributed by atoms with Gasteiger partial charge < -0.3 is 0 Å². The van der Waals surface area contributed by atoms with Crippen LogP contribution in [0.3, 0.4) is 0 Å². The molecule has 0 aromatic heterocycles. The van der Waals surface area contributed by atoms with E-state index in [1.165, 1.54) is 19.6 Å². The van der Waals surface area contributed by atoms with Gasteiger partial charge in [0, 0.05) is 0 Å². The Morgan fingerprint density at radius 3 is 2.50 bits per heavy atom. The van der Waals surface area contributed by atoms with Gasteiger partial charge in [-0.1, -0.05) is 0 Å². The predicted octanol–water partition coefficient (Wildman–Crippen LogP) is 1.49. The molecule has 0 saturated carbocycles. The van der Waals surface area contributed by atoms with Crippen LogP contribution in [0.1, 0.15) is 13.8 Å². The van der Waals surface area contributed by atoms with Gasteiger partial charge in [-0.25, -0.2) is 0 Å². The first-order chi connectivity index (χ1) is 3.85. The molecule has 3 heteroatoms. The molecule has 46 valence electrons. The van der Waals surface area contributed by atoms with Crippen LogP contribution in [-0.4, -0.2) is 11.6 Å². The van der Waals surface area contributed by atoms with Crippen molar-refractivity contribution in [2.75, 3.05) is 6.54 Å². The molecule has 0 radical (unpaired) electrons. The Hall–Kier alpha value is 0.0283. The molecule has 0 atom stereocenters. The third kappa shape index (κ3) is 3.09. The van der Waals surface area contributed by atoms with Crippen molar-refractivity contribution < 1.29 is 19.6 Å². The third-order valence-electron chi connectivity index (χ3n) is 0.750. The van der Waals surface area contributed by atoms with E-state index in [0.29, 0.717) is 0 Å². The van der Waals surface area contributed by atoms with Crippen molar-refractivity contribution in [2.24, 2.45) is 3.60 Å². The summed E-state index contributed by atoms with van der Waals surface area (Å²) in [7, 11) is 0. The Labute approximate surface area is 61.3 Å². The summed E-state index contributed by atoms with van der Waals surface area (Å²) in [4.78, 5) is 0. The van der Waals surface area contributed by atoms with Crippen molar-refractivity contribution in [2.45, 2.75) is 13.8 Å². The predicted molar refractivity (Wildman–Crippen MR) is 29.6 cm³/mol. The molecular formula is C5H10N2W. The molecule has 2 nitrogen and oxygen atoms in total. The van der Waals surface area contributed by atoms with E-state index in [0.717, 1.165) is 6.54 Å². The first kappa shape index (κ1) is 8.03. The van der Waals surface area contributed by atoms with Gasteiger partial charge in [0.15, 0.2) is 0 Å². The molecule has 0 aliphatic carbocycles. The van der Waals surface area contributed by atoms with E-state index in [-0.39, 0.29) is 0 Å². The molecule has 0 fully saturated rings. The fraction of sp³-hybridized carbons (Fsp3) is 0.600. The maximum atomic E-state index is 4.03. The molecule has 8 heavy (non-hydrogen) atoms. The maximum absolute atomic E-state index is 4.03. The summed E-state index contributed by atoms with van der Waals surface area (Å²) in [6.45, 7) is 5.03. The second-order valence-corrected chi connectivity index (χ2v) is 1.91. The van der Waals surface area contributed by atoms with Crippen LogP contribution < -0.4 is 0 Å². The topological polar surface area (TPSA) is 15.6 Å². The van der Waals surface area contributed by atoms with E-state index in [1.54, 1.807) is 0 Å².